The topological polar surface area (TPSA) is 84.3 Å². The normalized spacial score (nSPS) is 19.0. The van der Waals surface area contributed by atoms with Gasteiger partial charge in [-0.1, -0.05) is 37.8 Å². The van der Waals surface area contributed by atoms with Gasteiger partial charge in [-0.3, -0.25) is 4.79 Å². The van der Waals surface area contributed by atoms with Crippen molar-refractivity contribution >= 4 is 27.8 Å². The average molecular weight is 443 g/mol. The van der Waals surface area contributed by atoms with Crippen LogP contribution in [-0.2, 0) is 14.8 Å². The lowest BCUT2D eigenvalue weighted by Gasteiger charge is -2.19. The zero-order valence-corrected chi connectivity index (χ0v) is 18.6. The van der Waals surface area contributed by atoms with Crippen LogP contribution in [0.4, 0.5) is 5.82 Å². The molecule has 2 fully saturated rings. The van der Waals surface area contributed by atoms with Gasteiger partial charge in [0.05, 0.1) is 17.1 Å². The largest absolute Gasteiger partial charge is 0.307 e. The number of sulfonamides is 1. The zero-order chi connectivity index (χ0) is 21.7. The summed E-state index contributed by atoms with van der Waals surface area (Å²) >= 11 is 0. The Labute approximate surface area is 184 Å². The van der Waals surface area contributed by atoms with Gasteiger partial charge in [0.15, 0.2) is 0 Å². The molecule has 1 aromatic carbocycles. The minimum atomic E-state index is -3.46. The summed E-state index contributed by atoms with van der Waals surface area (Å²) in [4.78, 5) is 12.7. The maximum atomic E-state index is 12.9. The number of rotatable bonds is 6. The molecule has 1 saturated carbocycles. The van der Waals surface area contributed by atoms with Gasteiger partial charge < -0.3 is 5.32 Å². The van der Waals surface area contributed by atoms with Crippen LogP contribution in [-0.4, -0.2) is 41.5 Å². The summed E-state index contributed by atoms with van der Waals surface area (Å²) in [6.07, 6.45) is 13.4. The molecule has 31 heavy (non-hydrogen) atoms. The van der Waals surface area contributed by atoms with Crippen LogP contribution in [0.3, 0.4) is 0 Å². The number of aromatic nitrogens is 2. The molecule has 0 bridgehead atoms. The fourth-order valence-corrected chi connectivity index (χ4v) is 5.89. The molecule has 4 rings (SSSR count). The van der Waals surface area contributed by atoms with E-state index >= 15 is 0 Å². The summed E-state index contributed by atoms with van der Waals surface area (Å²) in [5, 5.41) is 7.26. The highest BCUT2D eigenvalue weighted by atomic mass is 32.2. The minimum absolute atomic E-state index is 0.235. The van der Waals surface area contributed by atoms with E-state index < -0.39 is 10.0 Å². The fourth-order valence-electron chi connectivity index (χ4n) is 4.37. The third-order valence-electron chi connectivity index (χ3n) is 6.10. The van der Waals surface area contributed by atoms with Crippen LogP contribution in [0.25, 0.3) is 6.08 Å². The number of hydrogen-bond donors (Lipinski definition) is 1. The maximum Gasteiger partial charge on any atom is 0.249 e. The molecule has 1 N–H and O–H groups in total. The van der Waals surface area contributed by atoms with Crippen molar-refractivity contribution in [2.45, 2.75) is 62.3 Å². The highest BCUT2D eigenvalue weighted by Gasteiger charge is 2.25. The van der Waals surface area contributed by atoms with Crippen molar-refractivity contribution in [3.8, 4) is 0 Å². The number of carbonyl (C=O) groups excluding carboxylic acids is 1. The van der Waals surface area contributed by atoms with Gasteiger partial charge in [-0.2, -0.15) is 9.40 Å². The van der Waals surface area contributed by atoms with Crippen molar-refractivity contribution in [3.05, 3.63) is 48.2 Å². The molecule has 1 aromatic heterocycles. The van der Waals surface area contributed by atoms with Crippen LogP contribution in [0.15, 0.2) is 47.5 Å². The van der Waals surface area contributed by atoms with E-state index in [4.69, 9.17) is 0 Å². The van der Waals surface area contributed by atoms with Crippen molar-refractivity contribution in [2.24, 2.45) is 0 Å². The van der Waals surface area contributed by atoms with Gasteiger partial charge in [0.2, 0.25) is 15.9 Å². The van der Waals surface area contributed by atoms with Crippen molar-refractivity contribution in [2.75, 3.05) is 18.4 Å². The summed E-state index contributed by atoms with van der Waals surface area (Å²) in [6.45, 7) is 1.17. The third-order valence-corrected chi connectivity index (χ3v) is 8.02. The van der Waals surface area contributed by atoms with Crippen LogP contribution >= 0.6 is 0 Å². The summed E-state index contributed by atoms with van der Waals surface area (Å²) in [5.74, 6) is 0.474. The fraction of sp³-hybridized carbons (Fsp3) is 0.478. The Kier molecular flexibility index (Phi) is 6.87. The molecule has 2 aromatic rings. The number of hydrogen-bond acceptors (Lipinski definition) is 4. The van der Waals surface area contributed by atoms with E-state index in [0.29, 0.717) is 29.8 Å². The lowest BCUT2D eigenvalue weighted by molar-refractivity contribution is -0.111. The molecule has 7 nitrogen and oxygen atoms in total. The first-order chi connectivity index (χ1) is 15.0. The van der Waals surface area contributed by atoms with E-state index in [1.165, 1.54) is 18.9 Å². The first-order valence-corrected chi connectivity index (χ1v) is 12.6. The number of nitrogens with one attached hydrogen (secondary N) is 1. The molecule has 1 aliphatic heterocycles. The Hall–Kier alpha value is -2.45. The number of amides is 1. The monoisotopic (exact) mass is 442 g/mol. The third kappa shape index (κ3) is 5.25. The van der Waals surface area contributed by atoms with E-state index in [1.54, 1.807) is 40.8 Å². The van der Waals surface area contributed by atoms with Crippen molar-refractivity contribution in [3.63, 3.8) is 0 Å². The Morgan fingerprint density at radius 1 is 0.968 bits per heavy atom. The van der Waals surface area contributed by atoms with E-state index in [1.807, 2.05) is 10.7 Å². The first kappa shape index (κ1) is 21.8. The van der Waals surface area contributed by atoms with Crippen LogP contribution < -0.4 is 5.32 Å². The highest BCUT2D eigenvalue weighted by Crippen LogP contribution is 2.31. The Balaban J connectivity index is 1.38. The summed E-state index contributed by atoms with van der Waals surface area (Å²) < 4.78 is 29.2. The molecule has 2 heterocycles. The predicted molar refractivity (Wildman–Crippen MR) is 121 cm³/mol. The molecule has 1 aliphatic carbocycles. The van der Waals surface area contributed by atoms with Gasteiger partial charge in [0.1, 0.15) is 5.82 Å². The van der Waals surface area contributed by atoms with E-state index in [2.05, 4.69) is 10.4 Å². The predicted octanol–water partition coefficient (Wildman–Crippen LogP) is 4.21. The van der Waals surface area contributed by atoms with Crippen molar-refractivity contribution < 1.29 is 13.2 Å². The quantitative estimate of drug-likeness (QED) is 0.679. The van der Waals surface area contributed by atoms with Gasteiger partial charge in [-0.05, 0) is 49.5 Å². The molecular formula is C23H30N4O3S. The maximum absolute atomic E-state index is 12.9. The van der Waals surface area contributed by atoms with Gasteiger partial charge in [-0.15, -0.1) is 0 Å². The SMILES string of the molecule is O=C(/C=C/c1ccc(S(=O)(=O)N2CCCCCC2)cc1)Nc1ccnn1C1CCCC1. The number of carbonyl (C=O) groups is 1. The molecule has 0 atom stereocenters. The smallest absolute Gasteiger partial charge is 0.249 e. The summed E-state index contributed by atoms with van der Waals surface area (Å²) in [6, 6.07) is 8.87. The van der Waals surface area contributed by atoms with Crippen molar-refractivity contribution in [1.29, 1.82) is 0 Å². The van der Waals surface area contributed by atoms with Gasteiger partial charge in [-0.25, -0.2) is 13.1 Å². The molecule has 0 radical (unpaired) electrons. The molecule has 0 unspecified atom stereocenters. The molecule has 0 spiro atoms. The van der Waals surface area contributed by atoms with E-state index in [9.17, 15) is 13.2 Å². The second-order valence-corrected chi connectivity index (χ2v) is 10.2. The van der Waals surface area contributed by atoms with Gasteiger partial charge in [0.25, 0.3) is 0 Å². The van der Waals surface area contributed by atoms with Gasteiger partial charge >= 0.3 is 0 Å². The van der Waals surface area contributed by atoms with Crippen LogP contribution in [0, 0.1) is 0 Å². The van der Waals surface area contributed by atoms with Gasteiger partial charge in [0, 0.05) is 25.2 Å². The standard InChI is InChI=1S/C23H30N4O3S/c28-23(25-22-15-16-24-27(22)20-7-3-4-8-20)14-11-19-9-12-21(13-10-19)31(29,30)26-17-5-1-2-6-18-26/h9-16,20H,1-8,17-18H2,(H,25,28)/b14-11+. The number of anilines is 1. The van der Waals surface area contributed by atoms with Crippen LogP contribution in [0.5, 0.6) is 0 Å². The number of benzene rings is 1. The second kappa shape index (κ2) is 9.78. The van der Waals surface area contributed by atoms with Crippen LogP contribution in [0.2, 0.25) is 0 Å². The molecule has 2 aliphatic rings. The average Bonchev–Trinajstić information content (AvgIpc) is 3.38. The Bertz CT molecular complexity index is 1010. The first-order valence-electron chi connectivity index (χ1n) is 11.2. The van der Waals surface area contributed by atoms with E-state index in [0.717, 1.165) is 44.1 Å². The molecule has 1 saturated heterocycles. The van der Waals surface area contributed by atoms with Crippen LogP contribution in [0.1, 0.15) is 63.0 Å². The molecule has 8 heteroatoms. The second-order valence-electron chi connectivity index (χ2n) is 8.31. The lowest BCUT2D eigenvalue weighted by Crippen LogP contribution is -2.31. The molecule has 1 amide bonds. The van der Waals surface area contributed by atoms with E-state index in [-0.39, 0.29) is 5.91 Å². The highest BCUT2D eigenvalue weighted by molar-refractivity contribution is 7.89. The zero-order valence-electron chi connectivity index (χ0n) is 17.7. The molecule has 166 valence electrons. The summed E-state index contributed by atoms with van der Waals surface area (Å²) in [7, 11) is -3.46. The molecular weight excluding hydrogens is 412 g/mol. The lowest BCUT2D eigenvalue weighted by atomic mass is 10.2. The van der Waals surface area contributed by atoms with Crippen molar-refractivity contribution in [1.82, 2.24) is 14.1 Å². The number of nitrogens with zero attached hydrogens (tertiary/aromatic N) is 3. The Morgan fingerprint density at radius 3 is 2.32 bits per heavy atom. The minimum Gasteiger partial charge on any atom is -0.307 e. The Morgan fingerprint density at radius 2 is 1.65 bits per heavy atom. The summed E-state index contributed by atoms with van der Waals surface area (Å²) in [5.41, 5.74) is 0.772.